The molecule has 4 aromatic rings. The summed E-state index contributed by atoms with van der Waals surface area (Å²) >= 11 is 3.29. The zero-order chi connectivity index (χ0) is 34.2. The number of carboxylic acids is 1. The molecule has 2 saturated heterocycles. The number of nitrogens with zero attached hydrogens (tertiary/aromatic N) is 3. The van der Waals surface area contributed by atoms with Gasteiger partial charge in [-0.05, 0) is 29.8 Å². The highest BCUT2D eigenvalue weighted by Gasteiger charge is 2.58. The monoisotopic (exact) mass is 743 g/mol. The molecular weight excluding hydrogens is 720 g/mol. The van der Waals surface area contributed by atoms with Gasteiger partial charge in [-0.15, -0.1) is 18.3 Å². The molecule has 1 N–H and O–H groups in total. The van der Waals surface area contributed by atoms with Gasteiger partial charge >= 0.3 is 12.3 Å². The van der Waals surface area contributed by atoms with Crippen LogP contribution in [0, 0.1) is 17.5 Å². The van der Waals surface area contributed by atoms with Gasteiger partial charge in [-0.3, -0.25) is 4.74 Å². The van der Waals surface area contributed by atoms with Crippen LogP contribution in [0.1, 0.15) is 23.5 Å². The van der Waals surface area contributed by atoms with Crippen LogP contribution in [0.5, 0.6) is 0 Å². The fraction of sp³-hybridized carbons (Fsp3) is 0.323. The van der Waals surface area contributed by atoms with E-state index in [1.165, 1.54) is 0 Å². The number of carbonyl (C=O) groups is 1. The predicted octanol–water partition coefficient (Wildman–Crippen LogP) is 6.12. The van der Waals surface area contributed by atoms with Crippen LogP contribution in [0.3, 0.4) is 0 Å². The Labute approximate surface area is 276 Å². The molecule has 0 radical (unpaired) electrons. The third-order valence-electron chi connectivity index (χ3n) is 7.71. The molecule has 3 unspecified atom stereocenters. The largest absolute Gasteiger partial charge is 0.522 e. The van der Waals surface area contributed by atoms with Gasteiger partial charge in [0.25, 0.3) is 0 Å². The summed E-state index contributed by atoms with van der Waals surface area (Å²) in [5.74, 6) is -6.45. The van der Waals surface area contributed by atoms with E-state index < -0.39 is 72.6 Å². The smallest absolute Gasteiger partial charge is 0.479 e. The summed E-state index contributed by atoms with van der Waals surface area (Å²) in [6.45, 7) is -0.579. The highest BCUT2D eigenvalue weighted by atomic mass is 79.9. The Bertz CT molecular complexity index is 1720. The van der Waals surface area contributed by atoms with Crippen LogP contribution in [-0.4, -0.2) is 69.6 Å². The number of halogens is 7. The van der Waals surface area contributed by atoms with Crippen LogP contribution in [0.25, 0.3) is 11.3 Å². The molecule has 7 atom stereocenters. The molecule has 6 rings (SSSR count). The molecule has 0 bridgehead atoms. The number of alkyl halides is 3. The minimum Gasteiger partial charge on any atom is -0.479 e. The third kappa shape index (κ3) is 7.40. The molecule has 1 aromatic heterocycles. The van der Waals surface area contributed by atoms with Crippen molar-refractivity contribution in [3.8, 4) is 11.3 Å². The van der Waals surface area contributed by atoms with Crippen molar-refractivity contribution in [2.75, 3.05) is 6.61 Å². The van der Waals surface area contributed by atoms with E-state index in [1.807, 2.05) is 0 Å². The third-order valence-corrected chi connectivity index (χ3v) is 8.24. The van der Waals surface area contributed by atoms with E-state index >= 15 is 0 Å². The molecule has 0 saturated carbocycles. The first-order chi connectivity index (χ1) is 22.9. The maximum atomic E-state index is 14.1. The second kappa shape index (κ2) is 13.9. The molecule has 2 aliphatic rings. The Morgan fingerprint density at radius 3 is 2.38 bits per heavy atom. The molecule has 3 aromatic carbocycles. The summed E-state index contributed by atoms with van der Waals surface area (Å²) < 4.78 is 114. The van der Waals surface area contributed by atoms with Gasteiger partial charge in [-0.2, -0.15) is 0 Å². The average molecular weight is 744 g/mol. The Morgan fingerprint density at radius 1 is 1.04 bits per heavy atom. The number of rotatable bonds is 9. The molecule has 2 fully saturated rings. The van der Waals surface area contributed by atoms with Gasteiger partial charge < -0.3 is 24.1 Å². The molecule has 0 spiro atoms. The zero-order valence-electron chi connectivity index (χ0n) is 24.3. The van der Waals surface area contributed by atoms with E-state index in [9.17, 15) is 36.2 Å². The van der Waals surface area contributed by atoms with Gasteiger partial charge in [-0.25, -0.2) is 22.6 Å². The quantitative estimate of drug-likeness (QED) is 0.160. The van der Waals surface area contributed by atoms with Crippen LogP contribution in [0.4, 0.5) is 26.3 Å². The van der Waals surface area contributed by atoms with Crippen LogP contribution < -0.4 is 0 Å². The molecule has 0 aliphatic carbocycles. The summed E-state index contributed by atoms with van der Waals surface area (Å²) in [7, 11) is 0. The van der Waals surface area contributed by atoms with Gasteiger partial charge in [0.2, 0.25) is 0 Å². The summed E-state index contributed by atoms with van der Waals surface area (Å²) in [4.78, 5) is 12.6. The summed E-state index contributed by atoms with van der Waals surface area (Å²) in [5, 5.41) is 18.0. The first-order valence-corrected chi connectivity index (χ1v) is 15.0. The molecule has 3 heterocycles. The zero-order valence-corrected chi connectivity index (χ0v) is 25.9. The number of benzene rings is 3. The first kappa shape index (κ1) is 34.0. The van der Waals surface area contributed by atoms with E-state index in [-0.39, 0.29) is 24.5 Å². The minimum atomic E-state index is -5.33. The highest BCUT2D eigenvalue weighted by molar-refractivity contribution is 9.10. The SMILES string of the molecule is O=C(O)[C@@H](OCc1ccc(Br)cc1)[C@@H]1OC2COC(c3ccccc3)O[C@@H]2[C@H](n2cc(-c3cc(F)c(F)c(F)c3)nn2)C1OC(F)(F)F. The van der Waals surface area contributed by atoms with E-state index in [0.29, 0.717) is 23.3 Å². The maximum absolute atomic E-state index is 14.1. The summed E-state index contributed by atoms with van der Waals surface area (Å²) in [6, 6.07) is 14.7. The Balaban J connectivity index is 1.41. The van der Waals surface area contributed by atoms with Crippen LogP contribution >= 0.6 is 15.9 Å². The van der Waals surface area contributed by atoms with Crippen molar-refractivity contribution in [1.82, 2.24) is 15.0 Å². The molecular formula is C31H24BrF6N3O7. The lowest BCUT2D eigenvalue weighted by Gasteiger charge is -2.50. The van der Waals surface area contributed by atoms with Gasteiger partial charge in [0.1, 0.15) is 36.2 Å². The van der Waals surface area contributed by atoms with Crippen molar-refractivity contribution < 1.29 is 59.9 Å². The number of carboxylic acid groups (broad SMARTS) is 1. The highest BCUT2D eigenvalue weighted by Crippen LogP contribution is 2.43. The second-order valence-corrected chi connectivity index (χ2v) is 11.8. The van der Waals surface area contributed by atoms with E-state index in [0.717, 1.165) is 15.4 Å². The van der Waals surface area contributed by atoms with Crippen LogP contribution in [0.15, 0.2) is 77.4 Å². The Kier molecular flexibility index (Phi) is 9.87. The topological polar surface area (TPSA) is 114 Å². The van der Waals surface area contributed by atoms with Crippen molar-refractivity contribution in [3.05, 3.63) is 106 Å². The van der Waals surface area contributed by atoms with Crippen molar-refractivity contribution in [2.24, 2.45) is 0 Å². The molecule has 0 amide bonds. The lowest BCUT2D eigenvalue weighted by Crippen LogP contribution is -2.64. The predicted molar refractivity (Wildman–Crippen MR) is 154 cm³/mol. The summed E-state index contributed by atoms with van der Waals surface area (Å²) in [5.41, 5.74) is 0.508. The van der Waals surface area contributed by atoms with Crippen molar-refractivity contribution >= 4 is 21.9 Å². The molecule has 2 aliphatic heterocycles. The Hall–Kier alpha value is -3.87. The Morgan fingerprint density at radius 2 is 1.73 bits per heavy atom. The standard InChI is InChI=1S/C31H24BrF6N3O7/c32-18-8-6-15(7-9-18)13-44-28(29(42)43)27-26(48-31(36,37)38)24(25-22(46-27)14-45-30(47-25)16-4-2-1-3-5-16)41-12-21(39-40-41)17-10-19(33)23(35)20(34)11-17/h1-12,22,24-28,30H,13-14H2,(H,42,43)/t22?,24-,25-,26?,27+,28-,30?/m0/s1. The van der Waals surface area contributed by atoms with E-state index in [4.69, 9.17) is 18.9 Å². The number of hydrogen-bond acceptors (Lipinski definition) is 8. The maximum Gasteiger partial charge on any atom is 0.522 e. The normalized spacial score (nSPS) is 25.0. The molecule has 254 valence electrons. The van der Waals surface area contributed by atoms with Crippen molar-refractivity contribution in [3.63, 3.8) is 0 Å². The lowest BCUT2D eigenvalue weighted by atomic mass is 9.89. The van der Waals surface area contributed by atoms with Crippen LogP contribution in [-0.2, 0) is 35.1 Å². The number of ether oxygens (including phenoxy) is 5. The van der Waals surface area contributed by atoms with E-state index in [2.05, 4.69) is 31.0 Å². The van der Waals surface area contributed by atoms with Gasteiger partial charge in [-0.1, -0.05) is 63.6 Å². The molecule has 48 heavy (non-hydrogen) atoms. The number of hydrogen-bond donors (Lipinski definition) is 1. The van der Waals surface area contributed by atoms with Crippen molar-refractivity contribution in [2.45, 2.75) is 55.8 Å². The van der Waals surface area contributed by atoms with Gasteiger partial charge in [0, 0.05) is 15.6 Å². The molecule has 10 nitrogen and oxygen atoms in total. The van der Waals surface area contributed by atoms with E-state index in [1.54, 1.807) is 54.6 Å². The van der Waals surface area contributed by atoms with Gasteiger partial charge in [0.05, 0.1) is 19.4 Å². The number of aromatic nitrogens is 3. The lowest BCUT2D eigenvalue weighted by molar-refractivity contribution is -0.393. The first-order valence-electron chi connectivity index (χ1n) is 14.3. The van der Waals surface area contributed by atoms with Gasteiger partial charge in [0.15, 0.2) is 29.8 Å². The summed E-state index contributed by atoms with van der Waals surface area (Å²) in [6.07, 6.45) is -14.0. The minimum absolute atomic E-state index is 0.244. The van der Waals surface area contributed by atoms with Crippen LogP contribution in [0.2, 0.25) is 0 Å². The number of fused-ring (bicyclic) bond motifs is 1. The average Bonchev–Trinajstić information content (AvgIpc) is 3.54. The number of aliphatic carboxylic acids is 1. The molecule has 17 heteroatoms. The van der Waals surface area contributed by atoms with Crippen molar-refractivity contribution in [1.29, 1.82) is 0 Å². The second-order valence-electron chi connectivity index (χ2n) is 10.9. The fourth-order valence-corrected chi connectivity index (χ4v) is 5.84. The fourth-order valence-electron chi connectivity index (χ4n) is 5.58.